The maximum Gasteiger partial charge on any atom is 0.310 e. The molecule has 2 heterocycles. The molecule has 9 rings (SSSR count). The van der Waals surface area contributed by atoms with Crippen LogP contribution in [-0.2, 0) is 5.41 Å². The molecule has 2 aromatic heterocycles. The molecule has 0 aliphatic heterocycles. The van der Waals surface area contributed by atoms with Gasteiger partial charge in [-0.05, 0) is 68.8 Å². The number of aromatic nitrogens is 2. The number of hydrogen-bond donors (Lipinski definition) is 0. The largest absolute Gasteiger partial charge is 0.424 e. The van der Waals surface area contributed by atoms with E-state index in [0.717, 1.165) is 16.6 Å². The van der Waals surface area contributed by atoms with Crippen LogP contribution in [0.3, 0.4) is 0 Å². The third-order valence-corrected chi connectivity index (χ3v) is 8.26. The quantitative estimate of drug-likeness (QED) is 0.239. The predicted molar refractivity (Wildman–Crippen MR) is 145 cm³/mol. The number of rotatable bonds is 0. The summed E-state index contributed by atoms with van der Waals surface area (Å²) < 4.78 is 7.72. The Morgan fingerprint density at radius 3 is 1.86 bits per heavy atom. The van der Waals surface area contributed by atoms with Crippen LogP contribution < -0.4 is 5.56 Å². The smallest absolute Gasteiger partial charge is 0.310 e. The lowest BCUT2D eigenvalue weighted by Crippen LogP contribution is -2.26. The zero-order valence-electron chi connectivity index (χ0n) is 19.6. The van der Waals surface area contributed by atoms with E-state index in [0.29, 0.717) is 16.8 Å². The van der Waals surface area contributed by atoms with Crippen molar-refractivity contribution in [3.8, 4) is 22.3 Å². The molecule has 0 amide bonds. The lowest BCUT2D eigenvalue weighted by atomic mass is 9.70. The Labute approximate surface area is 211 Å². The van der Waals surface area contributed by atoms with E-state index in [2.05, 4.69) is 84.9 Å². The molecule has 172 valence electrons. The Morgan fingerprint density at radius 2 is 1.19 bits per heavy atom. The summed E-state index contributed by atoms with van der Waals surface area (Å²) in [5.74, 6) is 0.317. The number of fused-ring (bicyclic) bond motifs is 14. The molecule has 7 aromatic rings. The molecule has 2 aliphatic carbocycles. The van der Waals surface area contributed by atoms with Crippen molar-refractivity contribution in [2.24, 2.45) is 0 Å². The summed E-state index contributed by atoms with van der Waals surface area (Å²) in [6.07, 6.45) is 0. The van der Waals surface area contributed by atoms with Gasteiger partial charge in [0.15, 0.2) is 0 Å². The van der Waals surface area contributed by atoms with Crippen molar-refractivity contribution in [2.45, 2.75) is 5.41 Å². The topological polar surface area (TPSA) is 47.5 Å². The Morgan fingerprint density at radius 1 is 0.622 bits per heavy atom. The van der Waals surface area contributed by atoms with Crippen LogP contribution in [0.1, 0.15) is 22.3 Å². The third-order valence-electron chi connectivity index (χ3n) is 8.26. The van der Waals surface area contributed by atoms with E-state index in [-0.39, 0.29) is 5.56 Å². The minimum atomic E-state index is -0.464. The fourth-order valence-corrected chi connectivity index (χ4v) is 6.86. The first kappa shape index (κ1) is 19.3. The maximum atomic E-state index is 13.7. The van der Waals surface area contributed by atoms with Crippen LogP contribution in [-0.4, -0.2) is 9.38 Å². The first-order chi connectivity index (χ1) is 18.3. The minimum Gasteiger partial charge on any atom is -0.424 e. The molecule has 0 N–H and O–H groups in total. The third kappa shape index (κ3) is 2.12. The number of benzene rings is 5. The highest BCUT2D eigenvalue weighted by atomic mass is 16.3. The Bertz CT molecular complexity index is 2140. The second-order valence-electron chi connectivity index (χ2n) is 9.91. The first-order valence-corrected chi connectivity index (χ1v) is 12.4. The number of nitrogens with zero attached hydrogens (tertiary/aromatic N) is 2. The SMILES string of the molecule is O=c1c2ccccc2oc2nc3cc4c(cc3n12)C1(c2ccccc2-c2ccccc21)c1ccccc1-4. The lowest BCUT2D eigenvalue weighted by Gasteiger charge is -2.30. The van der Waals surface area contributed by atoms with Crippen LogP contribution in [0.5, 0.6) is 0 Å². The van der Waals surface area contributed by atoms with Crippen LogP contribution in [0.4, 0.5) is 0 Å². The highest BCUT2D eigenvalue weighted by Gasteiger charge is 2.51. The van der Waals surface area contributed by atoms with Crippen molar-refractivity contribution in [1.29, 1.82) is 0 Å². The van der Waals surface area contributed by atoms with Gasteiger partial charge in [0.1, 0.15) is 5.58 Å². The number of hydrogen-bond acceptors (Lipinski definition) is 3. The van der Waals surface area contributed by atoms with E-state index in [1.165, 1.54) is 38.9 Å². The zero-order valence-corrected chi connectivity index (χ0v) is 19.6. The molecule has 4 nitrogen and oxygen atoms in total. The van der Waals surface area contributed by atoms with Gasteiger partial charge in [0.05, 0.1) is 21.8 Å². The molecule has 1 spiro atoms. The van der Waals surface area contributed by atoms with Gasteiger partial charge in [0, 0.05) is 0 Å². The lowest BCUT2D eigenvalue weighted by molar-refractivity contribution is 0.616. The molecule has 37 heavy (non-hydrogen) atoms. The van der Waals surface area contributed by atoms with Crippen LogP contribution >= 0.6 is 0 Å². The molecule has 5 aromatic carbocycles. The van der Waals surface area contributed by atoms with Crippen molar-refractivity contribution in [3.63, 3.8) is 0 Å². The average Bonchev–Trinajstić information content (AvgIpc) is 3.55. The predicted octanol–water partition coefficient (Wildman–Crippen LogP) is 6.94. The molecule has 0 unspecified atom stereocenters. The molecule has 0 saturated carbocycles. The van der Waals surface area contributed by atoms with Gasteiger partial charge in [0.2, 0.25) is 0 Å². The highest BCUT2D eigenvalue weighted by molar-refractivity contribution is 5.99. The van der Waals surface area contributed by atoms with Crippen LogP contribution in [0.2, 0.25) is 0 Å². The van der Waals surface area contributed by atoms with E-state index in [9.17, 15) is 4.79 Å². The van der Waals surface area contributed by atoms with Crippen LogP contribution in [0.15, 0.2) is 118 Å². The van der Waals surface area contributed by atoms with Gasteiger partial charge in [0.25, 0.3) is 5.56 Å². The van der Waals surface area contributed by atoms with E-state index >= 15 is 0 Å². The molecule has 0 radical (unpaired) electrons. The summed E-state index contributed by atoms with van der Waals surface area (Å²) in [7, 11) is 0. The van der Waals surface area contributed by atoms with Crippen molar-refractivity contribution >= 4 is 27.8 Å². The summed E-state index contributed by atoms with van der Waals surface area (Å²) in [5.41, 5.74) is 11.3. The minimum absolute atomic E-state index is 0.115. The van der Waals surface area contributed by atoms with Gasteiger partial charge >= 0.3 is 5.84 Å². The van der Waals surface area contributed by atoms with Crippen molar-refractivity contribution < 1.29 is 4.42 Å². The zero-order chi connectivity index (χ0) is 24.3. The molecule has 0 fully saturated rings. The van der Waals surface area contributed by atoms with E-state index in [1.54, 1.807) is 10.5 Å². The van der Waals surface area contributed by atoms with Crippen molar-refractivity contribution in [3.05, 3.63) is 142 Å². The first-order valence-electron chi connectivity index (χ1n) is 12.4. The van der Waals surface area contributed by atoms with Crippen LogP contribution in [0.25, 0.3) is 50.1 Å². The molecular formula is C33H18N2O2. The molecule has 0 bridgehead atoms. The highest BCUT2D eigenvalue weighted by Crippen LogP contribution is 2.62. The van der Waals surface area contributed by atoms with Gasteiger partial charge in [-0.1, -0.05) is 84.9 Å². The Kier molecular flexibility index (Phi) is 3.34. The second-order valence-corrected chi connectivity index (χ2v) is 9.91. The standard InChI is InChI=1S/C33H18N2O2/c36-31-22-12-4-8-16-30(22)37-32-34-28-17-23-21-11-3-7-15-26(21)33(27(23)18-29(28)35(31)32)24-13-5-1-9-19(24)20-10-2-6-14-25(20)33/h1-18H. The van der Waals surface area contributed by atoms with E-state index in [4.69, 9.17) is 9.40 Å². The summed E-state index contributed by atoms with van der Waals surface area (Å²) in [5, 5.41) is 0.546. The van der Waals surface area contributed by atoms with E-state index < -0.39 is 5.41 Å². The summed E-state index contributed by atoms with van der Waals surface area (Å²) in [6, 6.07) is 37.7. The monoisotopic (exact) mass is 474 g/mol. The molecule has 0 atom stereocenters. The van der Waals surface area contributed by atoms with Crippen molar-refractivity contribution in [2.75, 3.05) is 0 Å². The molecule has 2 aliphatic rings. The van der Waals surface area contributed by atoms with Crippen molar-refractivity contribution in [1.82, 2.24) is 9.38 Å². The van der Waals surface area contributed by atoms with Crippen LogP contribution in [0, 0.1) is 0 Å². The van der Waals surface area contributed by atoms with Gasteiger partial charge < -0.3 is 4.42 Å². The Hall–Kier alpha value is -4.96. The average molecular weight is 475 g/mol. The van der Waals surface area contributed by atoms with E-state index in [1.807, 2.05) is 18.2 Å². The second kappa shape index (κ2) is 6.42. The van der Waals surface area contributed by atoms with Gasteiger partial charge in [-0.15, -0.1) is 0 Å². The van der Waals surface area contributed by atoms with Gasteiger partial charge in [-0.25, -0.2) is 4.40 Å². The number of imidazole rings is 1. The maximum absolute atomic E-state index is 13.7. The molecule has 0 saturated heterocycles. The van der Waals surface area contributed by atoms with Gasteiger partial charge in [-0.2, -0.15) is 4.98 Å². The molecular weight excluding hydrogens is 456 g/mol. The fourth-order valence-electron chi connectivity index (χ4n) is 6.86. The number of para-hydroxylation sites is 1. The Balaban J connectivity index is 1.50. The summed E-state index contributed by atoms with van der Waals surface area (Å²) >= 11 is 0. The van der Waals surface area contributed by atoms with Gasteiger partial charge in [-0.3, -0.25) is 4.79 Å². The summed E-state index contributed by atoms with van der Waals surface area (Å²) in [6.45, 7) is 0. The molecule has 4 heteroatoms. The summed E-state index contributed by atoms with van der Waals surface area (Å²) in [4.78, 5) is 18.4. The normalized spacial score (nSPS) is 14.3. The fraction of sp³-hybridized carbons (Fsp3) is 0.0303.